The maximum atomic E-state index is 10.6. The number of aliphatic hydroxyl groups is 1. The van der Waals surface area contributed by atoms with E-state index in [1.165, 1.54) is 12.8 Å². The van der Waals surface area contributed by atoms with Crippen LogP contribution in [0.15, 0.2) is 54.6 Å². The molecular weight excluding hydrogens is 577 g/mol. The molecule has 1 heterocycles. The molecule has 0 unspecified atom stereocenters. The molecule has 1 N–H and O–H groups in total. The molecule has 5 aromatic rings. The second kappa shape index (κ2) is 11.9. The van der Waals surface area contributed by atoms with Crippen molar-refractivity contribution in [2.45, 2.75) is 71.1 Å². The van der Waals surface area contributed by atoms with Crippen LogP contribution in [0.25, 0.3) is 44.0 Å². The summed E-state index contributed by atoms with van der Waals surface area (Å²) in [6.07, 6.45) is 2.93. The summed E-state index contributed by atoms with van der Waals surface area (Å²) < 4.78 is 14.6. The zero-order chi connectivity index (χ0) is 31.9. The van der Waals surface area contributed by atoms with Gasteiger partial charge in [0.25, 0.3) is 0 Å². The molecule has 0 atom stereocenters. The van der Waals surface area contributed by atoms with Crippen molar-refractivity contribution in [2.24, 2.45) is 5.92 Å². The number of ether oxygens (including phenoxy) is 2. The zero-order valence-corrected chi connectivity index (χ0v) is 27.8. The van der Waals surface area contributed by atoms with Gasteiger partial charge in [0, 0.05) is 31.9 Å². The molecule has 8 heteroatoms. The fraction of sp³-hybridized carbons (Fsp3) is 0.378. The van der Waals surface area contributed by atoms with E-state index in [9.17, 15) is 15.6 Å². The third kappa shape index (κ3) is 6.60. The van der Waals surface area contributed by atoms with Gasteiger partial charge in [0.1, 0.15) is 18.3 Å². The molecule has 1 aliphatic rings. The minimum absolute atomic E-state index is 0.234. The van der Waals surface area contributed by atoms with E-state index in [1.54, 1.807) is 18.2 Å². The quantitative estimate of drug-likeness (QED) is 0.0912. The highest BCUT2D eigenvalue weighted by molar-refractivity contribution is 6.76. The van der Waals surface area contributed by atoms with E-state index in [0.29, 0.717) is 48.1 Å². The van der Waals surface area contributed by atoms with Gasteiger partial charge in [-0.1, -0.05) is 43.9 Å². The van der Waals surface area contributed by atoms with E-state index < -0.39 is 13.7 Å². The molecule has 45 heavy (non-hydrogen) atoms. The van der Waals surface area contributed by atoms with E-state index >= 15 is 0 Å². The number of nitrogens with zero attached hydrogens (tertiary/aromatic N) is 4. The maximum absolute atomic E-state index is 10.6. The van der Waals surface area contributed by atoms with Gasteiger partial charge in [-0.05, 0) is 85.3 Å². The Labute approximate surface area is 265 Å². The number of nitriles is 2. The van der Waals surface area contributed by atoms with Crippen LogP contribution in [0.1, 0.15) is 43.4 Å². The first kappa shape index (κ1) is 30.8. The van der Waals surface area contributed by atoms with Gasteiger partial charge in [-0.25, -0.2) is 4.98 Å². The van der Waals surface area contributed by atoms with Crippen LogP contribution in [0.5, 0.6) is 5.75 Å². The largest absolute Gasteiger partial charge is 0.493 e. The molecule has 0 radical (unpaired) electrons. The van der Waals surface area contributed by atoms with Crippen molar-refractivity contribution in [3.8, 4) is 29.3 Å². The fourth-order valence-electron chi connectivity index (χ4n) is 5.92. The van der Waals surface area contributed by atoms with Crippen molar-refractivity contribution in [3.63, 3.8) is 0 Å². The molecule has 0 amide bonds. The minimum atomic E-state index is -1.33. The summed E-state index contributed by atoms with van der Waals surface area (Å²) >= 11 is 0. The lowest BCUT2D eigenvalue weighted by atomic mass is 9.93. The number of fused-ring (bicyclic) bond motifs is 6. The second-order valence-electron chi connectivity index (χ2n) is 14.2. The minimum Gasteiger partial charge on any atom is -0.493 e. The van der Waals surface area contributed by atoms with Crippen LogP contribution in [0.4, 0.5) is 0 Å². The number of imidazole rings is 1. The van der Waals surface area contributed by atoms with E-state index in [4.69, 9.17) is 14.5 Å². The monoisotopic (exact) mass is 616 g/mol. The molecule has 0 saturated heterocycles. The van der Waals surface area contributed by atoms with Crippen LogP contribution in [0.3, 0.4) is 0 Å². The van der Waals surface area contributed by atoms with Crippen LogP contribution in [0, 0.1) is 28.6 Å². The number of benzene rings is 4. The number of rotatable bonds is 11. The Balaban J connectivity index is 1.64. The van der Waals surface area contributed by atoms with Gasteiger partial charge in [-0.15, -0.1) is 0 Å². The van der Waals surface area contributed by atoms with Crippen molar-refractivity contribution < 1.29 is 14.6 Å². The molecule has 6 rings (SSSR count). The fourth-order valence-corrected chi connectivity index (χ4v) is 6.67. The molecule has 7 nitrogen and oxygen atoms in total. The Bertz CT molecular complexity index is 1970. The molecule has 0 bridgehead atoms. The molecule has 1 fully saturated rings. The predicted molar refractivity (Wildman–Crippen MR) is 182 cm³/mol. The average molecular weight is 617 g/mol. The van der Waals surface area contributed by atoms with Gasteiger partial charge in [-0.3, -0.25) is 4.57 Å². The highest BCUT2D eigenvalue weighted by atomic mass is 28.3. The normalized spacial score (nSPS) is 13.8. The van der Waals surface area contributed by atoms with Crippen molar-refractivity contribution >= 4 is 40.7 Å². The third-order valence-electron chi connectivity index (χ3n) is 8.41. The molecule has 0 aliphatic heterocycles. The Morgan fingerprint density at radius 2 is 1.64 bits per heavy atom. The Morgan fingerprint density at radius 3 is 2.29 bits per heavy atom. The Kier molecular flexibility index (Phi) is 8.18. The van der Waals surface area contributed by atoms with Crippen molar-refractivity contribution in [1.29, 1.82) is 10.5 Å². The summed E-state index contributed by atoms with van der Waals surface area (Å²) in [6.45, 7) is 12.2. The summed E-state index contributed by atoms with van der Waals surface area (Å²) in [5, 5.41) is 34.8. The molecule has 1 saturated carbocycles. The predicted octanol–water partition coefficient (Wildman–Crippen LogP) is 8.17. The summed E-state index contributed by atoms with van der Waals surface area (Å²) in [4.78, 5) is 5.21. The lowest BCUT2D eigenvalue weighted by Crippen LogP contribution is -2.22. The number of aromatic nitrogens is 2. The lowest BCUT2D eigenvalue weighted by molar-refractivity contribution is 0.0810. The summed E-state index contributed by atoms with van der Waals surface area (Å²) in [5.74, 6) is 1.99. The topological polar surface area (TPSA) is 104 Å². The first-order chi connectivity index (χ1) is 21.5. The maximum Gasteiger partial charge on any atom is 0.145 e. The van der Waals surface area contributed by atoms with E-state index in [1.807, 2.05) is 30.5 Å². The molecule has 230 valence electrons. The second-order valence-corrected chi connectivity index (χ2v) is 19.8. The van der Waals surface area contributed by atoms with Gasteiger partial charge in [0.2, 0.25) is 0 Å². The van der Waals surface area contributed by atoms with Gasteiger partial charge in [-0.2, -0.15) is 10.5 Å². The Morgan fingerprint density at radius 1 is 0.956 bits per heavy atom. The van der Waals surface area contributed by atoms with E-state index in [0.717, 1.165) is 49.9 Å². The summed E-state index contributed by atoms with van der Waals surface area (Å²) in [6, 6.07) is 23.3. The van der Waals surface area contributed by atoms with Gasteiger partial charge in [0.05, 0.1) is 52.1 Å². The molecule has 1 aliphatic carbocycles. The first-order valence-electron chi connectivity index (χ1n) is 15.7. The number of hydrogen-bond donors (Lipinski definition) is 1. The average Bonchev–Trinajstić information content (AvgIpc) is 3.75. The summed E-state index contributed by atoms with van der Waals surface area (Å²) in [7, 11) is -1.33. The molecule has 0 spiro atoms. The lowest BCUT2D eigenvalue weighted by Gasteiger charge is -2.19. The van der Waals surface area contributed by atoms with Crippen LogP contribution in [0.2, 0.25) is 25.7 Å². The van der Waals surface area contributed by atoms with Gasteiger partial charge >= 0.3 is 0 Å². The van der Waals surface area contributed by atoms with E-state index in [2.05, 4.69) is 56.0 Å². The third-order valence-corrected chi connectivity index (χ3v) is 10.1. The first-order valence-corrected chi connectivity index (χ1v) is 19.4. The SMILES string of the molecule is CC(C)(O)Cc1ccc2c(c1)c1cc(OCC3CC3)ccc1c1c2nc(-c2c(C#N)cccc2C#N)n1COCC[Si](C)(C)C. The highest BCUT2D eigenvalue weighted by Crippen LogP contribution is 2.41. The van der Waals surface area contributed by atoms with E-state index in [-0.39, 0.29) is 6.73 Å². The van der Waals surface area contributed by atoms with Crippen molar-refractivity contribution in [1.82, 2.24) is 9.55 Å². The molecular formula is C37H40N4O3Si. The zero-order valence-electron chi connectivity index (χ0n) is 26.8. The summed E-state index contributed by atoms with van der Waals surface area (Å²) in [5.41, 5.74) is 3.13. The number of hydrogen-bond acceptors (Lipinski definition) is 6. The highest BCUT2D eigenvalue weighted by Gasteiger charge is 2.25. The van der Waals surface area contributed by atoms with Crippen molar-refractivity contribution in [3.05, 3.63) is 71.3 Å². The van der Waals surface area contributed by atoms with Crippen LogP contribution in [-0.4, -0.2) is 41.5 Å². The van der Waals surface area contributed by atoms with Crippen LogP contribution < -0.4 is 4.74 Å². The van der Waals surface area contributed by atoms with Crippen molar-refractivity contribution in [2.75, 3.05) is 13.2 Å². The van der Waals surface area contributed by atoms with Gasteiger partial charge in [0.15, 0.2) is 0 Å². The Hall–Kier alpha value is -4.21. The molecule has 4 aromatic carbocycles. The standard InChI is InChI=1S/C37H40N4O3Si/c1-37(2,42)19-25-11-13-29-31(17-25)32-18-28(44-22-24-9-10-24)12-14-30(32)35-34(29)40-36(41(35)23-43-15-16-45(3,4)5)33-26(20-38)7-6-8-27(33)21-39/h6-8,11-14,17-18,24,42H,9-10,15-16,19,22-23H2,1-5H3. The van der Waals surface area contributed by atoms with Crippen LogP contribution in [-0.2, 0) is 17.9 Å². The van der Waals surface area contributed by atoms with Gasteiger partial charge < -0.3 is 14.6 Å². The smallest absolute Gasteiger partial charge is 0.145 e. The molecule has 1 aromatic heterocycles. The van der Waals surface area contributed by atoms with Crippen LogP contribution >= 0.6 is 0 Å².